The van der Waals surface area contributed by atoms with Gasteiger partial charge in [0.15, 0.2) is 0 Å². The Morgan fingerprint density at radius 1 is 1.61 bits per heavy atom. The molecule has 1 aromatic rings. The molecule has 1 aliphatic rings. The summed E-state index contributed by atoms with van der Waals surface area (Å²) >= 11 is 0. The van der Waals surface area contributed by atoms with E-state index in [9.17, 15) is 9.90 Å². The molecule has 1 aromatic heterocycles. The van der Waals surface area contributed by atoms with Gasteiger partial charge in [-0.15, -0.1) is 0 Å². The Morgan fingerprint density at radius 2 is 2.33 bits per heavy atom. The summed E-state index contributed by atoms with van der Waals surface area (Å²) in [5, 5.41) is 12.8. The molecular weight excluding hydrogens is 230 g/mol. The van der Waals surface area contributed by atoms with Crippen molar-refractivity contribution >= 4 is 5.97 Å². The molecule has 0 aromatic carbocycles. The van der Waals surface area contributed by atoms with Gasteiger partial charge in [0.25, 0.3) is 0 Å². The SMILES string of the molecule is CCNC(Cn1ccnc1CC)(C(=O)O)C1CC1. The highest BCUT2D eigenvalue weighted by molar-refractivity contribution is 5.79. The number of likely N-dealkylation sites (N-methyl/N-ethyl adjacent to an activating group) is 1. The fraction of sp³-hybridized carbons (Fsp3) is 0.692. The fourth-order valence-corrected chi connectivity index (χ4v) is 2.61. The Hall–Kier alpha value is -1.36. The van der Waals surface area contributed by atoms with Crippen LogP contribution in [0.5, 0.6) is 0 Å². The Bertz CT molecular complexity index is 426. The van der Waals surface area contributed by atoms with Gasteiger partial charge >= 0.3 is 5.97 Å². The third kappa shape index (κ3) is 2.27. The molecule has 0 amide bonds. The van der Waals surface area contributed by atoms with E-state index in [1.54, 1.807) is 6.20 Å². The summed E-state index contributed by atoms with van der Waals surface area (Å²) in [5.74, 6) is 0.434. The monoisotopic (exact) mass is 251 g/mol. The number of aryl methyl sites for hydroxylation is 1. The van der Waals surface area contributed by atoms with Crippen molar-refractivity contribution < 1.29 is 9.90 Å². The Morgan fingerprint density at radius 3 is 2.83 bits per heavy atom. The van der Waals surface area contributed by atoms with Crippen LogP contribution < -0.4 is 5.32 Å². The zero-order chi connectivity index (χ0) is 13.2. The zero-order valence-electron chi connectivity index (χ0n) is 11.0. The van der Waals surface area contributed by atoms with E-state index in [0.717, 1.165) is 25.1 Å². The average molecular weight is 251 g/mol. The summed E-state index contributed by atoms with van der Waals surface area (Å²) in [4.78, 5) is 16.0. The van der Waals surface area contributed by atoms with Crippen molar-refractivity contribution in [1.29, 1.82) is 0 Å². The van der Waals surface area contributed by atoms with Crippen LogP contribution >= 0.6 is 0 Å². The zero-order valence-corrected chi connectivity index (χ0v) is 11.0. The molecule has 2 rings (SSSR count). The van der Waals surface area contributed by atoms with Crippen molar-refractivity contribution in [2.45, 2.75) is 45.2 Å². The average Bonchev–Trinajstić information content (AvgIpc) is 3.10. The summed E-state index contributed by atoms with van der Waals surface area (Å²) in [6.07, 6.45) is 6.42. The van der Waals surface area contributed by atoms with E-state index in [1.165, 1.54) is 0 Å². The minimum Gasteiger partial charge on any atom is -0.480 e. The van der Waals surface area contributed by atoms with Crippen LogP contribution in [-0.4, -0.2) is 32.7 Å². The number of carboxylic acid groups (broad SMARTS) is 1. The number of nitrogens with zero attached hydrogens (tertiary/aromatic N) is 2. The van der Waals surface area contributed by atoms with Crippen LogP contribution in [0.15, 0.2) is 12.4 Å². The first kappa shape index (κ1) is 13.1. The second-order valence-corrected chi connectivity index (χ2v) is 4.91. The number of imidazole rings is 1. The third-order valence-corrected chi connectivity index (χ3v) is 3.69. The molecule has 18 heavy (non-hydrogen) atoms. The number of aliphatic carboxylic acids is 1. The molecule has 1 fully saturated rings. The molecule has 0 bridgehead atoms. The van der Waals surface area contributed by atoms with Gasteiger partial charge in [-0.3, -0.25) is 4.79 Å². The number of carboxylic acids is 1. The van der Waals surface area contributed by atoms with E-state index >= 15 is 0 Å². The highest BCUT2D eigenvalue weighted by atomic mass is 16.4. The standard InChI is InChI=1S/C13H21N3O2/c1-3-11-14-7-8-16(11)9-13(12(17)18,15-4-2)10-5-6-10/h7-8,10,15H,3-6,9H2,1-2H3,(H,17,18). The smallest absolute Gasteiger partial charge is 0.326 e. The van der Waals surface area contributed by atoms with Gasteiger partial charge < -0.3 is 15.0 Å². The maximum absolute atomic E-state index is 11.7. The maximum Gasteiger partial charge on any atom is 0.326 e. The lowest BCUT2D eigenvalue weighted by Gasteiger charge is -2.31. The molecular formula is C13H21N3O2. The topological polar surface area (TPSA) is 67.2 Å². The molecule has 1 saturated carbocycles. The van der Waals surface area contributed by atoms with Crippen molar-refractivity contribution in [2.75, 3.05) is 6.54 Å². The molecule has 1 aliphatic carbocycles. The van der Waals surface area contributed by atoms with Crippen molar-refractivity contribution in [1.82, 2.24) is 14.9 Å². The van der Waals surface area contributed by atoms with Crippen LogP contribution in [0.4, 0.5) is 0 Å². The van der Waals surface area contributed by atoms with Crippen LogP contribution in [0, 0.1) is 5.92 Å². The van der Waals surface area contributed by atoms with Gasteiger partial charge in [-0.1, -0.05) is 13.8 Å². The molecule has 0 spiro atoms. The molecule has 100 valence electrons. The second-order valence-electron chi connectivity index (χ2n) is 4.91. The van der Waals surface area contributed by atoms with Crippen LogP contribution in [-0.2, 0) is 17.8 Å². The number of aromatic nitrogens is 2. The van der Waals surface area contributed by atoms with E-state index < -0.39 is 11.5 Å². The largest absolute Gasteiger partial charge is 0.480 e. The van der Waals surface area contributed by atoms with Crippen LogP contribution in [0.3, 0.4) is 0 Å². The highest BCUT2D eigenvalue weighted by Gasteiger charge is 2.51. The molecule has 5 nitrogen and oxygen atoms in total. The van der Waals surface area contributed by atoms with Crippen molar-refractivity contribution in [3.63, 3.8) is 0 Å². The molecule has 0 saturated heterocycles. The summed E-state index contributed by atoms with van der Waals surface area (Å²) in [7, 11) is 0. The maximum atomic E-state index is 11.7. The Labute approximate surface area is 107 Å². The van der Waals surface area contributed by atoms with E-state index in [0.29, 0.717) is 13.1 Å². The number of hydrogen-bond donors (Lipinski definition) is 2. The van der Waals surface area contributed by atoms with Crippen molar-refractivity contribution in [2.24, 2.45) is 5.92 Å². The quantitative estimate of drug-likeness (QED) is 0.766. The van der Waals surface area contributed by atoms with Crippen molar-refractivity contribution in [3.8, 4) is 0 Å². The lowest BCUT2D eigenvalue weighted by Crippen LogP contribution is -2.57. The molecule has 1 unspecified atom stereocenters. The predicted molar refractivity (Wildman–Crippen MR) is 68.4 cm³/mol. The lowest BCUT2D eigenvalue weighted by atomic mass is 9.92. The molecule has 0 radical (unpaired) electrons. The number of rotatable bonds is 7. The Balaban J connectivity index is 2.26. The number of carbonyl (C=O) groups is 1. The Kier molecular flexibility index (Phi) is 3.71. The van der Waals surface area contributed by atoms with Crippen LogP contribution in [0.25, 0.3) is 0 Å². The predicted octanol–water partition coefficient (Wildman–Crippen LogP) is 1.29. The van der Waals surface area contributed by atoms with Gasteiger partial charge in [-0.25, -0.2) is 4.98 Å². The highest BCUT2D eigenvalue weighted by Crippen LogP contribution is 2.41. The van der Waals surface area contributed by atoms with Gasteiger partial charge in [-0.2, -0.15) is 0 Å². The summed E-state index contributed by atoms with van der Waals surface area (Å²) < 4.78 is 1.97. The van der Waals surface area contributed by atoms with E-state index in [1.807, 2.05) is 24.6 Å². The number of hydrogen-bond acceptors (Lipinski definition) is 3. The molecule has 2 N–H and O–H groups in total. The second kappa shape index (κ2) is 5.10. The van der Waals surface area contributed by atoms with Crippen LogP contribution in [0.2, 0.25) is 0 Å². The van der Waals surface area contributed by atoms with Gasteiger partial charge in [0.05, 0.1) is 6.54 Å². The molecule has 1 atom stereocenters. The molecule has 1 heterocycles. The van der Waals surface area contributed by atoms with E-state index in [-0.39, 0.29) is 5.92 Å². The first-order valence-corrected chi connectivity index (χ1v) is 6.62. The lowest BCUT2D eigenvalue weighted by molar-refractivity contribution is -0.146. The third-order valence-electron chi connectivity index (χ3n) is 3.69. The first-order chi connectivity index (χ1) is 8.64. The molecule has 5 heteroatoms. The van der Waals surface area contributed by atoms with Crippen molar-refractivity contribution in [3.05, 3.63) is 18.2 Å². The first-order valence-electron chi connectivity index (χ1n) is 6.62. The summed E-state index contributed by atoms with van der Waals surface area (Å²) in [6, 6.07) is 0. The van der Waals surface area contributed by atoms with Gasteiger partial charge in [-0.05, 0) is 25.3 Å². The normalized spacial score (nSPS) is 18.6. The van der Waals surface area contributed by atoms with Gasteiger partial charge in [0, 0.05) is 18.8 Å². The van der Waals surface area contributed by atoms with Gasteiger partial charge in [0.2, 0.25) is 0 Å². The number of nitrogens with one attached hydrogen (secondary N) is 1. The summed E-state index contributed by atoms with van der Waals surface area (Å²) in [6.45, 7) is 5.11. The molecule has 0 aliphatic heterocycles. The van der Waals surface area contributed by atoms with Crippen LogP contribution in [0.1, 0.15) is 32.5 Å². The minimum absolute atomic E-state index is 0.238. The minimum atomic E-state index is -0.834. The fourth-order valence-electron chi connectivity index (χ4n) is 2.61. The van der Waals surface area contributed by atoms with E-state index in [2.05, 4.69) is 10.3 Å². The van der Waals surface area contributed by atoms with Gasteiger partial charge in [0.1, 0.15) is 11.4 Å². The summed E-state index contributed by atoms with van der Waals surface area (Å²) in [5.41, 5.74) is -0.834. The van der Waals surface area contributed by atoms with E-state index in [4.69, 9.17) is 0 Å².